The van der Waals surface area contributed by atoms with Crippen LogP contribution in [0.5, 0.6) is 11.5 Å². The van der Waals surface area contributed by atoms with E-state index in [-0.39, 0.29) is 11.6 Å². The van der Waals surface area contributed by atoms with Gasteiger partial charge in [-0.15, -0.1) is 10.2 Å². The van der Waals surface area contributed by atoms with Gasteiger partial charge in [-0.05, 0) is 43.2 Å². The molecule has 0 radical (unpaired) electrons. The second kappa shape index (κ2) is 8.77. The summed E-state index contributed by atoms with van der Waals surface area (Å²) in [6.07, 6.45) is 0.940. The van der Waals surface area contributed by atoms with Gasteiger partial charge in [0.05, 0.1) is 31.2 Å². The minimum Gasteiger partial charge on any atom is -0.493 e. The quantitative estimate of drug-likeness (QED) is 0.470. The van der Waals surface area contributed by atoms with Crippen molar-refractivity contribution < 1.29 is 9.47 Å². The molecule has 4 aromatic rings. The van der Waals surface area contributed by atoms with Crippen LogP contribution in [0.3, 0.4) is 0 Å². The molecule has 8 heteroatoms. The van der Waals surface area contributed by atoms with Gasteiger partial charge in [0.2, 0.25) is 5.78 Å². The lowest BCUT2D eigenvalue weighted by Gasteiger charge is -2.17. The van der Waals surface area contributed by atoms with E-state index in [0.717, 1.165) is 29.1 Å². The molecule has 1 N–H and O–H groups in total. The Kier molecular flexibility index (Phi) is 5.90. The summed E-state index contributed by atoms with van der Waals surface area (Å²) in [5, 5.41) is 12.7. The number of ether oxygens (including phenoxy) is 2. The third kappa shape index (κ3) is 3.86. The van der Waals surface area contributed by atoms with Gasteiger partial charge in [0.25, 0.3) is 5.56 Å². The number of rotatable bonds is 8. The predicted octanol–water partition coefficient (Wildman–Crippen LogP) is 3.23. The van der Waals surface area contributed by atoms with Crippen LogP contribution in [0.2, 0.25) is 0 Å². The van der Waals surface area contributed by atoms with Gasteiger partial charge >= 0.3 is 0 Å². The number of aromatic nitrogens is 4. The van der Waals surface area contributed by atoms with Crippen molar-refractivity contribution in [1.29, 1.82) is 0 Å². The molecular formula is C23H27N5O3. The molecule has 0 saturated carbocycles. The van der Waals surface area contributed by atoms with Crippen molar-refractivity contribution in [1.82, 2.24) is 24.5 Å². The Morgan fingerprint density at radius 3 is 2.71 bits per heavy atom. The second-order valence-corrected chi connectivity index (χ2v) is 7.49. The maximum absolute atomic E-state index is 12.6. The lowest BCUT2D eigenvalue weighted by molar-refractivity contribution is 0.294. The zero-order valence-electron chi connectivity index (χ0n) is 18.3. The first-order valence-electron chi connectivity index (χ1n) is 10.4. The van der Waals surface area contributed by atoms with E-state index in [0.29, 0.717) is 30.1 Å². The molecule has 2 aromatic carbocycles. The Hall–Kier alpha value is -3.39. The maximum Gasteiger partial charge on any atom is 0.262 e. The van der Waals surface area contributed by atoms with Crippen molar-refractivity contribution in [3.63, 3.8) is 0 Å². The summed E-state index contributed by atoms with van der Waals surface area (Å²) in [6, 6.07) is 13.5. The molecule has 0 fully saturated rings. The van der Waals surface area contributed by atoms with Crippen molar-refractivity contribution in [2.45, 2.75) is 32.9 Å². The number of fused-ring (bicyclic) bond motifs is 3. The summed E-state index contributed by atoms with van der Waals surface area (Å²) in [5.41, 5.74) is 1.79. The summed E-state index contributed by atoms with van der Waals surface area (Å²) in [6.45, 7) is 5.29. The van der Waals surface area contributed by atoms with Gasteiger partial charge in [-0.3, -0.25) is 13.8 Å². The van der Waals surface area contributed by atoms with E-state index in [1.165, 1.54) is 4.57 Å². The molecule has 162 valence electrons. The van der Waals surface area contributed by atoms with Crippen molar-refractivity contribution in [3.05, 3.63) is 64.2 Å². The van der Waals surface area contributed by atoms with Crippen LogP contribution in [-0.2, 0) is 13.6 Å². The van der Waals surface area contributed by atoms with Gasteiger partial charge in [0.1, 0.15) is 0 Å². The molecule has 0 aliphatic heterocycles. The Morgan fingerprint density at radius 1 is 1.13 bits per heavy atom. The van der Waals surface area contributed by atoms with E-state index in [2.05, 4.69) is 29.4 Å². The zero-order chi connectivity index (χ0) is 22.0. The standard InChI is InChI=1S/C23H27N5O3/c1-5-12-31-19-11-10-16(13-20(19)30-4)15(2)24-14-21-25-26-23-27(3)22(29)17-8-6-7-9-18(17)28(21)23/h6-11,13,15,24H,5,12,14H2,1-4H3. The molecule has 0 aliphatic rings. The van der Waals surface area contributed by atoms with Crippen LogP contribution >= 0.6 is 0 Å². The fourth-order valence-corrected chi connectivity index (χ4v) is 3.65. The highest BCUT2D eigenvalue weighted by molar-refractivity contribution is 5.80. The van der Waals surface area contributed by atoms with Gasteiger partial charge in [0, 0.05) is 13.1 Å². The largest absolute Gasteiger partial charge is 0.493 e. The van der Waals surface area contributed by atoms with Crippen LogP contribution in [0.25, 0.3) is 16.7 Å². The van der Waals surface area contributed by atoms with Crippen LogP contribution in [0, 0.1) is 0 Å². The van der Waals surface area contributed by atoms with E-state index in [1.807, 2.05) is 46.9 Å². The smallest absolute Gasteiger partial charge is 0.262 e. The minimum atomic E-state index is -0.0825. The summed E-state index contributed by atoms with van der Waals surface area (Å²) in [5.74, 6) is 2.72. The van der Waals surface area contributed by atoms with Gasteiger partial charge in [0.15, 0.2) is 17.3 Å². The molecule has 2 heterocycles. The molecule has 4 rings (SSSR count). The molecule has 0 amide bonds. The molecule has 1 atom stereocenters. The number of nitrogens with zero attached hydrogens (tertiary/aromatic N) is 4. The van der Waals surface area contributed by atoms with Gasteiger partial charge in [-0.2, -0.15) is 0 Å². The zero-order valence-corrected chi connectivity index (χ0v) is 18.3. The lowest BCUT2D eigenvalue weighted by Crippen LogP contribution is -2.22. The number of para-hydroxylation sites is 1. The van der Waals surface area contributed by atoms with Crippen molar-refractivity contribution >= 4 is 16.7 Å². The highest BCUT2D eigenvalue weighted by Gasteiger charge is 2.16. The number of aryl methyl sites for hydroxylation is 1. The minimum absolute atomic E-state index is 0.0419. The normalized spacial score (nSPS) is 12.4. The summed E-state index contributed by atoms with van der Waals surface area (Å²) in [4.78, 5) is 12.6. The Balaban J connectivity index is 1.60. The molecule has 1 unspecified atom stereocenters. The monoisotopic (exact) mass is 421 g/mol. The molecule has 0 saturated heterocycles. The van der Waals surface area contributed by atoms with Gasteiger partial charge in [-0.25, -0.2) is 0 Å². The Bertz CT molecular complexity index is 1280. The van der Waals surface area contributed by atoms with E-state index in [1.54, 1.807) is 14.2 Å². The van der Waals surface area contributed by atoms with Crippen LogP contribution in [-0.4, -0.2) is 32.9 Å². The Labute approximate surface area is 180 Å². The summed E-state index contributed by atoms with van der Waals surface area (Å²) >= 11 is 0. The number of nitrogens with one attached hydrogen (secondary N) is 1. The SMILES string of the molecule is CCCOc1ccc(C(C)NCc2nnc3n(C)c(=O)c4ccccc4n23)cc1OC. The number of hydrogen-bond acceptors (Lipinski definition) is 6. The van der Waals surface area contributed by atoms with Gasteiger partial charge < -0.3 is 14.8 Å². The summed E-state index contributed by atoms with van der Waals surface area (Å²) < 4.78 is 14.7. The van der Waals surface area contributed by atoms with Crippen LogP contribution in [0.1, 0.15) is 37.7 Å². The molecular weight excluding hydrogens is 394 g/mol. The number of benzene rings is 2. The maximum atomic E-state index is 12.6. The summed E-state index contributed by atoms with van der Waals surface area (Å²) in [7, 11) is 3.36. The first-order chi connectivity index (χ1) is 15.0. The molecule has 0 spiro atoms. The third-order valence-corrected chi connectivity index (χ3v) is 5.41. The highest BCUT2D eigenvalue weighted by atomic mass is 16.5. The fourth-order valence-electron chi connectivity index (χ4n) is 3.65. The average Bonchev–Trinajstić information content (AvgIpc) is 3.23. The first-order valence-corrected chi connectivity index (χ1v) is 10.4. The van der Waals surface area contributed by atoms with E-state index in [9.17, 15) is 4.79 Å². The van der Waals surface area contributed by atoms with Crippen LogP contribution < -0.4 is 20.3 Å². The first kappa shape index (κ1) is 20.9. The molecule has 8 nitrogen and oxygen atoms in total. The molecule has 2 aromatic heterocycles. The van der Waals surface area contributed by atoms with Gasteiger partial charge in [-0.1, -0.05) is 25.1 Å². The predicted molar refractivity (Wildman–Crippen MR) is 120 cm³/mol. The fraction of sp³-hybridized carbons (Fsp3) is 0.348. The molecule has 0 bridgehead atoms. The molecule has 0 aliphatic carbocycles. The lowest BCUT2D eigenvalue weighted by atomic mass is 10.1. The van der Waals surface area contributed by atoms with Crippen LogP contribution in [0.4, 0.5) is 0 Å². The van der Waals surface area contributed by atoms with E-state index in [4.69, 9.17) is 9.47 Å². The number of methoxy groups -OCH3 is 1. The van der Waals surface area contributed by atoms with Crippen LogP contribution in [0.15, 0.2) is 47.3 Å². The van der Waals surface area contributed by atoms with Crippen molar-refractivity contribution in [2.75, 3.05) is 13.7 Å². The number of hydrogen-bond donors (Lipinski definition) is 1. The van der Waals surface area contributed by atoms with E-state index < -0.39 is 0 Å². The Morgan fingerprint density at radius 2 is 1.94 bits per heavy atom. The van der Waals surface area contributed by atoms with E-state index >= 15 is 0 Å². The average molecular weight is 422 g/mol. The third-order valence-electron chi connectivity index (χ3n) is 5.41. The van der Waals surface area contributed by atoms with Crippen molar-refractivity contribution in [3.8, 4) is 11.5 Å². The topological polar surface area (TPSA) is 82.7 Å². The second-order valence-electron chi connectivity index (χ2n) is 7.49. The van der Waals surface area contributed by atoms with Crippen molar-refractivity contribution in [2.24, 2.45) is 7.05 Å². The molecule has 31 heavy (non-hydrogen) atoms. The highest BCUT2D eigenvalue weighted by Crippen LogP contribution is 2.30.